The van der Waals surface area contributed by atoms with Gasteiger partial charge in [0.1, 0.15) is 5.75 Å². The summed E-state index contributed by atoms with van der Waals surface area (Å²) in [6.07, 6.45) is 3.23. The zero-order chi connectivity index (χ0) is 14.7. The molecule has 1 heterocycles. The van der Waals surface area contributed by atoms with Crippen molar-refractivity contribution in [2.45, 2.75) is 44.6 Å². The SMILES string of the molecule is CCOc1ccccc1-c1noc(C2CCC(O)CC2)n1. The van der Waals surface area contributed by atoms with Gasteiger partial charge in [-0.25, -0.2) is 0 Å². The molecule has 0 spiro atoms. The molecule has 0 unspecified atom stereocenters. The summed E-state index contributed by atoms with van der Waals surface area (Å²) < 4.78 is 11.0. The maximum absolute atomic E-state index is 9.57. The Bertz CT molecular complexity index is 589. The number of ether oxygens (including phenoxy) is 1. The summed E-state index contributed by atoms with van der Waals surface area (Å²) in [4.78, 5) is 4.53. The van der Waals surface area contributed by atoms with Gasteiger partial charge in [0, 0.05) is 5.92 Å². The van der Waals surface area contributed by atoms with Crippen molar-refractivity contribution in [2.24, 2.45) is 0 Å². The van der Waals surface area contributed by atoms with E-state index < -0.39 is 0 Å². The number of hydrogen-bond donors (Lipinski definition) is 1. The van der Waals surface area contributed by atoms with Gasteiger partial charge in [0.05, 0.1) is 18.3 Å². The molecule has 112 valence electrons. The third-order valence-electron chi connectivity index (χ3n) is 3.92. The highest BCUT2D eigenvalue weighted by molar-refractivity contribution is 5.63. The summed E-state index contributed by atoms with van der Waals surface area (Å²) in [5, 5.41) is 13.7. The quantitative estimate of drug-likeness (QED) is 0.936. The molecule has 3 rings (SSSR count). The first kappa shape index (κ1) is 14.1. The summed E-state index contributed by atoms with van der Waals surface area (Å²) in [5.74, 6) is 2.27. The number of aromatic nitrogens is 2. The van der Waals surface area contributed by atoms with E-state index in [4.69, 9.17) is 9.26 Å². The maximum atomic E-state index is 9.57. The van der Waals surface area contributed by atoms with Crippen LogP contribution in [-0.2, 0) is 0 Å². The van der Waals surface area contributed by atoms with Crippen LogP contribution in [0.3, 0.4) is 0 Å². The van der Waals surface area contributed by atoms with Gasteiger partial charge in [-0.15, -0.1) is 0 Å². The van der Waals surface area contributed by atoms with Crippen LogP contribution < -0.4 is 4.74 Å². The predicted molar refractivity (Wildman–Crippen MR) is 78.1 cm³/mol. The van der Waals surface area contributed by atoms with Crippen LogP contribution >= 0.6 is 0 Å². The van der Waals surface area contributed by atoms with E-state index in [1.54, 1.807) is 0 Å². The van der Waals surface area contributed by atoms with Crippen LogP contribution in [0.15, 0.2) is 28.8 Å². The zero-order valence-corrected chi connectivity index (χ0v) is 12.2. The van der Waals surface area contributed by atoms with E-state index >= 15 is 0 Å². The molecule has 1 saturated carbocycles. The van der Waals surface area contributed by atoms with Crippen molar-refractivity contribution in [1.82, 2.24) is 10.1 Å². The lowest BCUT2D eigenvalue weighted by Crippen LogP contribution is -2.17. The molecule has 1 aromatic heterocycles. The minimum absolute atomic E-state index is 0.178. The smallest absolute Gasteiger partial charge is 0.230 e. The highest BCUT2D eigenvalue weighted by Crippen LogP contribution is 2.34. The number of benzene rings is 1. The molecule has 0 amide bonds. The van der Waals surface area contributed by atoms with Crippen molar-refractivity contribution in [3.05, 3.63) is 30.2 Å². The second-order valence-corrected chi connectivity index (χ2v) is 5.39. The second kappa shape index (κ2) is 6.26. The lowest BCUT2D eigenvalue weighted by molar-refractivity contribution is 0.116. The summed E-state index contributed by atoms with van der Waals surface area (Å²) >= 11 is 0. The highest BCUT2D eigenvalue weighted by atomic mass is 16.5. The molecule has 0 saturated heterocycles. The van der Waals surface area contributed by atoms with Gasteiger partial charge in [-0.05, 0) is 44.7 Å². The van der Waals surface area contributed by atoms with E-state index in [1.807, 2.05) is 31.2 Å². The zero-order valence-electron chi connectivity index (χ0n) is 12.2. The monoisotopic (exact) mass is 288 g/mol. The molecule has 5 nitrogen and oxygen atoms in total. The van der Waals surface area contributed by atoms with Gasteiger partial charge >= 0.3 is 0 Å². The van der Waals surface area contributed by atoms with E-state index in [9.17, 15) is 5.11 Å². The fourth-order valence-electron chi connectivity index (χ4n) is 2.77. The molecule has 0 aliphatic heterocycles. The second-order valence-electron chi connectivity index (χ2n) is 5.39. The Hall–Kier alpha value is -1.88. The van der Waals surface area contributed by atoms with Crippen molar-refractivity contribution in [3.8, 4) is 17.1 Å². The van der Waals surface area contributed by atoms with E-state index in [1.165, 1.54) is 0 Å². The molecule has 0 bridgehead atoms. The topological polar surface area (TPSA) is 68.4 Å². The van der Waals surface area contributed by atoms with Crippen LogP contribution in [0.2, 0.25) is 0 Å². The number of aliphatic hydroxyl groups is 1. The first-order valence-electron chi connectivity index (χ1n) is 7.51. The van der Waals surface area contributed by atoms with Gasteiger partial charge < -0.3 is 14.4 Å². The van der Waals surface area contributed by atoms with Crippen LogP contribution in [0.25, 0.3) is 11.4 Å². The van der Waals surface area contributed by atoms with Crippen molar-refractivity contribution in [3.63, 3.8) is 0 Å². The van der Waals surface area contributed by atoms with Crippen LogP contribution in [-0.4, -0.2) is 28.0 Å². The largest absolute Gasteiger partial charge is 0.493 e. The first-order valence-corrected chi connectivity index (χ1v) is 7.51. The Morgan fingerprint density at radius 3 is 2.76 bits per heavy atom. The number of aliphatic hydroxyl groups excluding tert-OH is 1. The van der Waals surface area contributed by atoms with Crippen molar-refractivity contribution >= 4 is 0 Å². The Kier molecular flexibility index (Phi) is 4.20. The lowest BCUT2D eigenvalue weighted by Gasteiger charge is -2.22. The van der Waals surface area contributed by atoms with Crippen LogP contribution in [0.4, 0.5) is 0 Å². The third kappa shape index (κ3) is 3.08. The molecule has 5 heteroatoms. The Balaban J connectivity index is 1.82. The average Bonchev–Trinajstić information content (AvgIpc) is 2.99. The van der Waals surface area contributed by atoms with E-state index in [0.717, 1.165) is 37.0 Å². The fourth-order valence-corrected chi connectivity index (χ4v) is 2.77. The third-order valence-corrected chi connectivity index (χ3v) is 3.92. The molecule has 0 radical (unpaired) electrons. The van der Waals surface area contributed by atoms with Gasteiger partial charge in [0.15, 0.2) is 0 Å². The number of hydrogen-bond acceptors (Lipinski definition) is 5. The normalized spacial score (nSPS) is 22.2. The lowest BCUT2D eigenvalue weighted by atomic mass is 9.87. The van der Waals surface area contributed by atoms with Crippen LogP contribution in [0, 0.1) is 0 Å². The summed E-state index contributed by atoms with van der Waals surface area (Å²) in [7, 11) is 0. The Labute approximate surface area is 123 Å². The van der Waals surface area contributed by atoms with Crippen LogP contribution in [0.5, 0.6) is 5.75 Å². The maximum Gasteiger partial charge on any atom is 0.230 e. The van der Waals surface area contributed by atoms with Gasteiger partial charge in [-0.3, -0.25) is 0 Å². The average molecular weight is 288 g/mol. The first-order chi connectivity index (χ1) is 10.3. The number of nitrogens with zero attached hydrogens (tertiary/aromatic N) is 2. The van der Waals surface area contributed by atoms with E-state index in [0.29, 0.717) is 18.3 Å². The summed E-state index contributed by atoms with van der Waals surface area (Å²) in [5.41, 5.74) is 0.852. The molecule has 1 fully saturated rings. The molecular weight excluding hydrogens is 268 g/mol. The molecule has 21 heavy (non-hydrogen) atoms. The number of para-hydroxylation sites is 1. The Morgan fingerprint density at radius 1 is 1.24 bits per heavy atom. The molecule has 2 aromatic rings. The standard InChI is InChI=1S/C16H20N2O3/c1-2-20-14-6-4-3-5-13(14)15-17-16(21-18-15)11-7-9-12(19)10-8-11/h3-6,11-12,19H,2,7-10H2,1H3. The van der Waals surface area contributed by atoms with Gasteiger partial charge in [-0.2, -0.15) is 4.98 Å². The van der Waals surface area contributed by atoms with Crippen molar-refractivity contribution < 1.29 is 14.4 Å². The van der Waals surface area contributed by atoms with Crippen LogP contribution in [0.1, 0.15) is 44.4 Å². The molecule has 1 aliphatic rings. The van der Waals surface area contributed by atoms with Crippen molar-refractivity contribution in [2.75, 3.05) is 6.61 Å². The minimum atomic E-state index is -0.178. The molecule has 1 aliphatic carbocycles. The van der Waals surface area contributed by atoms with E-state index in [-0.39, 0.29) is 12.0 Å². The summed E-state index contributed by atoms with van der Waals surface area (Å²) in [6.45, 7) is 2.55. The van der Waals surface area contributed by atoms with Gasteiger partial charge in [-0.1, -0.05) is 17.3 Å². The molecule has 0 atom stereocenters. The van der Waals surface area contributed by atoms with Gasteiger partial charge in [0.25, 0.3) is 0 Å². The molecule has 1 N–H and O–H groups in total. The van der Waals surface area contributed by atoms with Gasteiger partial charge in [0.2, 0.25) is 11.7 Å². The minimum Gasteiger partial charge on any atom is -0.493 e. The van der Waals surface area contributed by atoms with Crippen molar-refractivity contribution in [1.29, 1.82) is 0 Å². The fraction of sp³-hybridized carbons (Fsp3) is 0.500. The molecule has 1 aromatic carbocycles. The highest BCUT2D eigenvalue weighted by Gasteiger charge is 2.26. The predicted octanol–water partition coefficient (Wildman–Crippen LogP) is 3.15. The molecular formula is C16H20N2O3. The van der Waals surface area contributed by atoms with E-state index in [2.05, 4.69) is 10.1 Å². The Morgan fingerprint density at radius 2 is 2.00 bits per heavy atom. The number of rotatable bonds is 4. The summed E-state index contributed by atoms with van der Waals surface area (Å²) in [6, 6.07) is 7.71.